The number of hydrogen-bond acceptors (Lipinski definition) is 3. The van der Waals surface area contributed by atoms with Crippen LogP contribution in [0.4, 0.5) is 5.69 Å². The summed E-state index contributed by atoms with van der Waals surface area (Å²) in [6.45, 7) is 3.66. The predicted octanol–water partition coefficient (Wildman–Crippen LogP) is 6.24. The minimum absolute atomic E-state index is 0.201. The molecule has 0 spiro atoms. The van der Waals surface area contributed by atoms with Gasteiger partial charge < -0.3 is 9.30 Å². The monoisotopic (exact) mass is 418 g/mol. The third-order valence-electron chi connectivity index (χ3n) is 4.74. The summed E-state index contributed by atoms with van der Waals surface area (Å²) in [5.41, 5.74) is 4.07. The molecule has 140 valence electrons. The van der Waals surface area contributed by atoms with E-state index < -0.39 is 0 Å². The number of thiazole rings is 1. The molecule has 6 heteroatoms. The van der Waals surface area contributed by atoms with E-state index >= 15 is 0 Å². The van der Waals surface area contributed by atoms with Crippen LogP contribution in [0.1, 0.15) is 18.4 Å². The fourth-order valence-electron chi connectivity index (χ4n) is 3.29. The molecule has 0 N–H and O–H groups in total. The number of halogens is 2. The number of aromatic nitrogens is 1. The lowest BCUT2D eigenvalue weighted by molar-refractivity contribution is 0.0968. The molecule has 0 saturated carbocycles. The van der Waals surface area contributed by atoms with Crippen molar-refractivity contribution in [3.63, 3.8) is 0 Å². The summed E-state index contributed by atoms with van der Waals surface area (Å²) in [7, 11) is 0. The molecule has 1 unspecified atom stereocenters. The highest BCUT2D eigenvalue weighted by Gasteiger charge is 2.20. The van der Waals surface area contributed by atoms with E-state index in [1.54, 1.807) is 11.3 Å². The van der Waals surface area contributed by atoms with Gasteiger partial charge in [-0.15, -0.1) is 11.3 Å². The van der Waals surface area contributed by atoms with Gasteiger partial charge in [-0.1, -0.05) is 41.4 Å². The van der Waals surface area contributed by atoms with Gasteiger partial charge >= 0.3 is 0 Å². The lowest BCUT2D eigenvalue weighted by Gasteiger charge is -2.15. The summed E-state index contributed by atoms with van der Waals surface area (Å²) in [4.78, 5) is 5.87. The first-order chi connectivity index (χ1) is 13.1. The highest BCUT2D eigenvalue weighted by atomic mass is 35.5. The summed E-state index contributed by atoms with van der Waals surface area (Å²) in [6, 6.07) is 13.7. The molecule has 0 amide bonds. The first-order valence-electron chi connectivity index (χ1n) is 8.97. The van der Waals surface area contributed by atoms with Crippen LogP contribution >= 0.6 is 34.5 Å². The van der Waals surface area contributed by atoms with Gasteiger partial charge in [0.15, 0.2) is 4.80 Å². The zero-order chi connectivity index (χ0) is 18.8. The minimum atomic E-state index is 0.201. The fraction of sp³-hybridized carbons (Fsp3) is 0.286. The van der Waals surface area contributed by atoms with Crippen molar-refractivity contribution in [1.82, 2.24) is 4.57 Å². The van der Waals surface area contributed by atoms with Crippen LogP contribution in [-0.2, 0) is 11.3 Å². The SMILES string of the molecule is Cc1ccccc1N=c1scc(-c2cc(Cl)ccc2Cl)n1CC1CCCO1. The Morgan fingerprint density at radius 1 is 1.22 bits per heavy atom. The summed E-state index contributed by atoms with van der Waals surface area (Å²) < 4.78 is 8.10. The second-order valence-electron chi connectivity index (χ2n) is 6.67. The second kappa shape index (κ2) is 8.19. The Labute approximate surface area is 172 Å². The lowest BCUT2D eigenvalue weighted by Crippen LogP contribution is -2.24. The van der Waals surface area contributed by atoms with Gasteiger partial charge in [0.05, 0.1) is 29.1 Å². The summed E-state index contributed by atoms with van der Waals surface area (Å²) in [6.07, 6.45) is 2.37. The van der Waals surface area contributed by atoms with Crippen molar-refractivity contribution in [2.75, 3.05) is 6.61 Å². The van der Waals surface area contributed by atoms with Crippen LogP contribution in [-0.4, -0.2) is 17.3 Å². The first kappa shape index (κ1) is 18.8. The van der Waals surface area contributed by atoms with Crippen LogP contribution in [0.5, 0.6) is 0 Å². The van der Waals surface area contributed by atoms with Crippen LogP contribution in [0.3, 0.4) is 0 Å². The van der Waals surface area contributed by atoms with Crippen LogP contribution in [0.25, 0.3) is 11.3 Å². The second-order valence-corrected chi connectivity index (χ2v) is 8.35. The highest BCUT2D eigenvalue weighted by Crippen LogP contribution is 2.32. The van der Waals surface area contributed by atoms with Crippen molar-refractivity contribution in [1.29, 1.82) is 0 Å². The molecule has 27 heavy (non-hydrogen) atoms. The van der Waals surface area contributed by atoms with E-state index in [-0.39, 0.29) is 6.10 Å². The van der Waals surface area contributed by atoms with Gasteiger partial charge in [0.1, 0.15) is 0 Å². The molecule has 1 aliphatic heterocycles. The van der Waals surface area contributed by atoms with Gasteiger partial charge in [-0.2, -0.15) is 0 Å². The number of aryl methyl sites for hydroxylation is 1. The van der Waals surface area contributed by atoms with Gasteiger partial charge in [-0.3, -0.25) is 0 Å². The van der Waals surface area contributed by atoms with E-state index in [0.29, 0.717) is 10.0 Å². The van der Waals surface area contributed by atoms with Gasteiger partial charge in [0, 0.05) is 22.6 Å². The zero-order valence-corrected chi connectivity index (χ0v) is 17.3. The molecule has 1 atom stereocenters. The molecule has 2 aromatic carbocycles. The normalized spacial score (nSPS) is 17.6. The molecule has 3 nitrogen and oxygen atoms in total. The van der Waals surface area contributed by atoms with Gasteiger partial charge in [-0.25, -0.2) is 4.99 Å². The Hall–Kier alpha value is -1.59. The van der Waals surface area contributed by atoms with E-state index in [2.05, 4.69) is 22.9 Å². The molecule has 1 saturated heterocycles. The predicted molar refractivity (Wildman–Crippen MR) is 113 cm³/mol. The molecular formula is C21H20Cl2N2OS. The Bertz CT molecular complexity index is 1020. The van der Waals surface area contributed by atoms with Crippen LogP contribution in [0.2, 0.25) is 10.0 Å². The zero-order valence-electron chi connectivity index (χ0n) is 15.0. The summed E-state index contributed by atoms with van der Waals surface area (Å²) >= 11 is 14.3. The van der Waals surface area contributed by atoms with E-state index in [4.69, 9.17) is 32.9 Å². The van der Waals surface area contributed by atoms with Gasteiger partial charge in [-0.05, 0) is 49.6 Å². The molecule has 1 aromatic heterocycles. The third kappa shape index (κ3) is 4.14. The molecule has 0 bridgehead atoms. The number of ether oxygens (including phenoxy) is 1. The lowest BCUT2D eigenvalue weighted by atomic mass is 10.1. The maximum atomic E-state index is 6.48. The van der Waals surface area contributed by atoms with Crippen molar-refractivity contribution in [3.8, 4) is 11.3 Å². The maximum Gasteiger partial charge on any atom is 0.190 e. The first-order valence-corrected chi connectivity index (χ1v) is 10.6. The van der Waals surface area contributed by atoms with Crippen molar-refractivity contribution >= 4 is 40.2 Å². The number of benzene rings is 2. The van der Waals surface area contributed by atoms with E-state index in [1.807, 2.05) is 36.4 Å². The average Bonchev–Trinajstić information content (AvgIpc) is 3.30. The van der Waals surface area contributed by atoms with Crippen LogP contribution in [0, 0.1) is 6.92 Å². The number of rotatable bonds is 4. The van der Waals surface area contributed by atoms with Crippen molar-refractivity contribution < 1.29 is 4.74 Å². The van der Waals surface area contributed by atoms with Crippen molar-refractivity contribution in [2.45, 2.75) is 32.4 Å². The molecule has 2 heterocycles. The van der Waals surface area contributed by atoms with Crippen LogP contribution in [0.15, 0.2) is 52.8 Å². The van der Waals surface area contributed by atoms with E-state index in [0.717, 1.165) is 53.3 Å². The Kier molecular flexibility index (Phi) is 5.69. The topological polar surface area (TPSA) is 26.5 Å². The van der Waals surface area contributed by atoms with Crippen molar-refractivity contribution in [2.24, 2.45) is 4.99 Å². The molecule has 1 aliphatic rings. The molecular weight excluding hydrogens is 399 g/mol. The van der Waals surface area contributed by atoms with Crippen LogP contribution < -0.4 is 4.80 Å². The quantitative estimate of drug-likeness (QED) is 0.492. The summed E-state index contributed by atoms with van der Waals surface area (Å²) in [5, 5.41) is 3.45. The minimum Gasteiger partial charge on any atom is -0.376 e. The molecule has 4 rings (SSSR count). The molecule has 0 radical (unpaired) electrons. The van der Waals surface area contributed by atoms with E-state index in [1.165, 1.54) is 0 Å². The average molecular weight is 419 g/mol. The van der Waals surface area contributed by atoms with Gasteiger partial charge in [0.25, 0.3) is 0 Å². The largest absolute Gasteiger partial charge is 0.376 e. The number of nitrogens with zero attached hydrogens (tertiary/aromatic N) is 2. The third-order valence-corrected chi connectivity index (χ3v) is 6.17. The Morgan fingerprint density at radius 2 is 2.07 bits per heavy atom. The standard InChI is InChI=1S/C21H20Cl2N2OS/c1-14-5-2-3-7-19(14)24-21-25(12-16-6-4-10-26-16)20(13-27-21)17-11-15(22)8-9-18(17)23/h2-3,5,7-9,11,13,16H,4,6,10,12H2,1H3. The Balaban J connectivity index is 1.86. The van der Waals surface area contributed by atoms with Gasteiger partial charge in [0.2, 0.25) is 0 Å². The molecule has 3 aromatic rings. The highest BCUT2D eigenvalue weighted by molar-refractivity contribution is 7.07. The Morgan fingerprint density at radius 3 is 2.85 bits per heavy atom. The molecule has 0 aliphatic carbocycles. The fourth-order valence-corrected chi connectivity index (χ4v) is 4.60. The van der Waals surface area contributed by atoms with Crippen molar-refractivity contribution in [3.05, 3.63) is 68.3 Å². The smallest absolute Gasteiger partial charge is 0.190 e. The number of hydrogen-bond donors (Lipinski definition) is 0. The van der Waals surface area contributed by atoms with E-state index in [9.17, 15) is 0 Å². The number of para-hydroxylation sites is 1. The molecule has 1 fully saturated rings. The maximum absolute atomic E-state index is 6.48. The summed E-state index contributed by atoms with van der Waals surface area (Å²) in [5.74, 6) is 0.